The lowest BCUT2D eigenvalue weighted by molar-refractivity contribution is -0.137. The van der Waals surface area contributed by atoms with Crippen molar-refractivity contribution >= 4 is 56.9 Å². The van der Waals surface area contributed by atoms with E-state index < -0.39 is 39.5 Å². The third-order valence-electron chi connectivity index (χ3n) is 4.54. The topological polar surface area (TPSA) is 88.7 Å². The van der Waals surface area contributed by atoms with E-state index in [-0.39, 0.29) is 22.7 Å². The van der Waals surface area contributed by atoms with Crippen LogP contribution in [0.2, 0.25) is 5.02 Å². The standard InChI is InChI=1S/C21H12ClF3N2O4S/c22-14-6-5-11(8-13(14)21(23,24)25)26-17(28)9-16-18(29)27-19(32-16)12-7-10-3-1-2-4-15(10)31-20(12)30/h1-8,16H,9H2,(H,26,28). The number of hydrogen-bond donors (Lipinski definition) is 1. The zero-order valence-electron chi connectivity index (χ0n) is 15.9. The van der Waals surface area contributed by atoms with Crippen LogP contribution in [0.5, 0.6) is 0 Å². The third kappa shape index (κ3) is 4.56. The molecule has 1 atom stereocenters. The molecule has 1 N–H and O–H groups in total. The summed E-state index contributed by atoms with van der Waals surface area (Å²) in [7, 11) is 0. The smallest absolute Gasteiger partial charge is 0.417 e. The van der Waals surface area contributed by atoms with Gasteiger partial charge in [-0.05, 0) is 30.3 Å². The normalized spacial score (nSPS) is 16.3. The van der Waals surface area contributed by atoms with Crippen molar-refractivity contribution in [2.24, 2.45) is 4.99 Å². The van der Waals surface area contributed by atoms with Gasteiger partial charge >= 0.3 is 11.8 Å². The molecule has 1 aliphatic rings. The number of aliphatic imine (C=N–C) groups is 1. The lowest BCUT2D eigenvalue weighted by atomic mass is 10.2. The minimum atomic E-state index is -4.68. The summed E-state index contributed by atoms with van der Waals surface area (Å²) >= 11 is 6.49. The Bertz CT molecular complexity index is 1340. The van der Waals surface area contributed by atoms with E-state index in [4.69, 9.17) is 16.0 Å². The average molecular weight is 481 g/mol. The van der Waals surface area contributed by atoms with E-state index in [1.165, 1.54) is 6.07 Å². The van der Waals surface area contributed by atoms with Crippen LogP contribution in [-0.2, 0) is 15.8 Å². The average Bonchev–Trinajstić information content (AvgIpc) is 3.08. The van der Waals surface area contributed by atoms with Gasteiger partial charge in [-0.15, -0.1) is 0 Å². The Morgan fingerprint density at radius 3 is 2.66 bits per heavy atom. The second kappa shape index (κ2) is 8.44. The number of benzene rings is 2. The van der Waals surface area contributed by atoms with Crippen LogP contribution in [0.1, 0.15) is 17.5 Å². The number of alkyl halides is 3. The molecule has 32 heavy (non-hydrogen) atoms. The van der Waals surface area contributed by atoms with Gasteiger partial charge in [0.15, 0.2) is 0 Å². The number of hydrogen-bond acceptors (Lipinski definition) is 5. The first kappa shape index (κ1) is 22.1. The van der Waals surface area contributed by atoms with Crippen LogP contribution in [0.4, 0.5) is 18.9 Å². The molecule has 1 aliphatic heterocycles. The molecule has 1 unspecified atom stereocenters. The Morgan fingerprint density at radius 2 is 1.91 bits per heavy atom. The lowest BCUT2D eigenvalue weighted by Crippen LogP contribution is -2.22. The van der Waals surface area contributed by atoms with Crippen LogP contribution in [0.25, 0.3) is 11.0 Å². The maximum Gasteiger partial charge on any atom is 0.417 e. The summed E-state index contributed by atoms with van der Waals surface area (Å²) in [6.45, 7) is 0. The summed E-state index contributed by atoms with van der Waals surface area (Å²) in [5, 5.41) is 1.67. The molecule has 2 aromatic carbocycles. The molecular weight excluding hydrogens is 469 g/mol. The van der Waals surface area contributed by atoms with Crippen LogP contribution < -0.4 is 10.9 Å². The Balaban J connectivity index is 1.47. The van der Waals surface area contributed by atoms with Gasteiger partial charge in [-0.3, -0.25) is 9.59 Å². The number of halogens is 4. The number of nitrogens with one attached hydrogen (secondary N) is 1. The minimum Gasteiger partial charge on any atom is -0.422 e. The van der Waals surface area contributed by atoms with Crippen molar-refractivity contribution in [3.05, 3.63) is 75.1 Å². The fraction of sp³-hybridized carbons (Fsp3) is 0.143. The lowest BCUT2D eigenvalue weighted by Gasteiger charge is -2.12. The molecule has 0 bridgehead atoms. The molecule has 0 spiro atoms. The molecule has 0 radical (unpaired) electrons. The Labute approximate surface area is 187 Å². The number of amides is 2. The number of carbonyl (C=O) groups is 2. The summed E-state index contributed by atoms with van der Waals surface area (Å²) in [5.74, 6) is -1.31. The molecule has 0 saturated heterocycles. The zero-order chi connectivity index (χ0) is 23.0. The molecule has 1 aromatic heterocycles. The fourth-order valence-corrected chi connectivity index (χ4v) is 4.34. The van der Waals surface area contributed by atoms with E-state index in [0.717, 1.165) is 17.8 Å². The maximum atomic E-state index is 13.0. The van der Waals surface area contributed by atoms with Gasteiger partial charge in [0.25, 0.3) is 5.91 Å². The highest BCUT2D eigenvalue weighted by Crippen LogP contribution is 2.36. The number of rotatable bonds is 4. The van der Waals surface area contributed by atoms with Gasteiger partial charge in [0.2, 0.25) is 5.91 Å². The minimum absolute atomic E-state index is 0.0949. The van der Waals surface area contributed by atoms with Gasteiger partial charge in [-0.25, -0.2) is 9.79 Å². The summed E-state index contributed by atoms with van der Waals surface area (Å²) < 4.78 is 44.2. The molecule has 11 heteroatoms. The highest BCUT2D eigenvalue weighted by atomic mass is 35.5. The van der Waals surface area contributed by atoms with E-state index >= 15 is 0 Å². The van der Waals surface area contributed by atoms with Gasteiger partial charge in [0.1, 0.15) is 15.9 Å². The van der Waals surface area contributed by atoms with Gasteiger partial charge < -0.3 is 9.73 Å². The van der Waals surface area contributed by atoms with Crippen molar-refractivity contribution in [2.75, 3.05) is 5.32 Å². The highest BCUT2D eigenvalue weighted by molar-refractivity contribution is 8.16. The van der Waals surface area contributed by atoms with Gasteiger partial charge in [0, 0.05) is 17.5 Å². The summed E-state index contributed by atoms with van der Waals surface area (Å²) in [5.41, 5.74) is -1.39. The maximum absolute atomic E-state index is 13.0. The van der Waals surface area contributed by atoms with Crippen molar-refractivity contribution in [3.63, 3.8) is 0 Å². The summed E-state index contributed by atoms with van der Waals surface area (Å²) in [6.07, 6.45) is -5.03. The van der Waals surface area contributed by atoms with Crippen molar-refractivity contribution < 1.29 is 27.2 Å². The second-order valence-corrected chi connectivity index (χ2v) is 8.39. The molecule has 6 nitrogen and oxygen atoms in total. The van der Waals surface area contributed by atoms with Crippen LogP contribution in [0, 0.1) is 0 Å². The number of thioether (sulfide) groups is 1. The van der Waals surface area contributed by atoms with Gasteiger partial charge in [0.05, 0.1) is 16.1 Å². The fourth-order valence-electron chi connectivity index (χ4n) is 3.05. The molecule has 0 fully saturated rings. The molecular formula is C21H12ClF3N2O4S. The Kier molecular flexibility index (Phi) is 5.83. The summed E-state index contributed by atoms with van der Waals surface area (Å²) in [4.78, 5) is 40.7. The number of para-hydroxylation sites is 1. The molecule has 2 heterocycles. The molecule has 0 saturated carbocycles. The number of nitrogens with zero attached hydrogens (tertiary/aromatic N) is 1. The quantitative estimate of drug-likeness (QED) is 0.537. The molecule has 0 aliphatic carbocycles. The largest absolute Gasteiger partial charge is 0.422 e. The molecule has 164 valence electrons. The first-order valence-corrected chi connectivity index (χ1v) is 10.4. The third-order valence-corrected chi connectivity index (χ3v) is 6.06. The van der Waals surface area contributed by atoms with Crippen molar-refractivity contribution in [3.8, 4) is 0 Å². The molecule has 2 amide bonds. The number of carbonyl (C=O) groups excluding carboxylic acids is 2. The van der Waals surface area contributed by atoms with Crippen molar-refractivity contribution in [1.29, 1.82) is 0 Å². The molecule has 4 rings (SSSR count). The highest BCUT2D eigenvalue weighted by Gasteiger charge is 2.34. The first-order chi connectivity index (χ1) is 15.1. The predicted octanol–water partition coefficient (Wildman–Crippen LogP) is 4.88. The van der Waals surface area contributed by atoms with E-state index in [1.807, 2.05) is 0 Å². The van der Waals surface area contributed by atoms with E-state index in [1.54, 1.807) is 30.3 Å². The van der Waals surface area contributed by atoms with Crippen molar-refractivity contribution in [1.82, 2.24) is 0 Å². The number of anilines is 1. The summed E-state index contributed by atoms with van der Waals surface area (Å²) in [6, 6.07) is 11.3. The first-order valence-electron chi connectivity index (χ1n) is 9.11. The zero-order valence-corrected chi connectivity index (χ0v) is 17.5. The Morgan fingerprint density at radius 1 is 1.16 bits per heavy atom. The van der Waals surface area contributed by atoms with Crippen LogP contribution in [0.15, 0.2) is 62.7 Å². The predicted molar refractivity (Wildman–Crippen MR) is 115 cm³/mol. The van der Waals surface area contributed by atoms with Crippen LogP contribution in [0.3, 0.4) is 0 Å². The molecule has 3 aromatic rings. The monoisotopic (exact) mass is 480 g/mol. The van der Waals surface area contributed by atoms with Gasteiger partial charge in [-0.1, -0.05) is 41.6 Å². The van der Waals surface area contributed by atoms with Gasteiger partial charge in [-0.2, -0.15) is 13.2 Å². The second-order valence-electron chi connectivity index (χ2n) is 6.79. The van der Waals surface area contributed by atoms with Crippen LogP contribution >= 0.6 is 23.4 Å². The van der Waals surface area contributed by atoms with E-state index in [0.29, 0.717) is 17.0 Å². The van der Waals surface area contributed by atoms with Crippen LogP contribution in [-0.4, -0.2) is 22.1 Å². The van der Waals surface area contributed by atoms with E-state index in [2.05, 4.69) is 10.3 Å². The SMILES string of the molecule is O=C(CC1SC(c2cc3ccccc3oc2=O)=NC1=O)Nc1ccc(Cl)c(C(F)(F)F)c1. The van der Waals surface area contributed by atoms with E-state index in [9.17, 15) is 27.6 Å². The van der Waals surface area contributed by atoms with Crippen molar-refractivity contribution in [2.45, 2.75) is 17.8 Å². The Hall–Kier alpha value is -3.11. The number of fused-ring (bicyclic) bond motifs is 1.